The number of esters is 1. The second-order valence-electron chi connectivity index (χ2n) is 6.45. The molecule has 9 heteroatoms. The molecule has 28 heavy (non-hydrogen) atoms. The van der Waals surface area contributed by atoms with Gasteiger partial charge >= 0.3 is 5.97 Å². The zero-order chi connectivity index (χ0) is 20.8. The number of likely N-dealkylation sites (tertiary alicyclic amines) is 1. The molecule has 0 radical (unpaired) electrons. The monoisotopic (exact) mass is 538 g/mol. The lowest BCUT2D eigenvalue weighted by Gasteiger charge is -2.31. The van der Waals surface area contributed by atoms with E-state index < -0.39 is 12.0 Å². The van der Waals surface area contributed by atoms with Crippen molar-refractivity contribution in [2.45, 2.75) is 25.8 Å². The fraction of sp³-hybridized carbons (Fsp3) is 0.421. The number of carbonyl (C=O) groups excluding carboxylic acids is 3. The lowest BCUT2D eigenvalue weighted by molar-refractivity contribution is -0.145. The SMILES string of the molecule is COC(=O)C(C)NC(=O)C1CCN(C(=O)/C=C/c2ccc(I)c(Cl)c2Cl)CC1. The highest BCUT2D eigenvalue weighted by Crippen LogP contribution is 2.31. The number of piperidine rings is 1. The van der Waals surface area contributed by atoms with Crippen LogP contribution in [0, 0.1) is 9.49 Å². The van der Waals surface area contributed by atoms with Gasteiger partial charge in [-0.15, -0.1) is 0 Å². The number of benzene rings is 1. The highest BCUT2D eigenvalue weighted by Gasteiger charge is 2.28. The van der Waals surface area contributed by atoms with Crippen LogP contribution in [0.25, 0.3) is 6.08 Å². The molecule has 1 unspecified atom stereocenters. The van der Waals surface area contributed by atoms with Crippen LogP contribution in [0.3, 0.4) is 0 Å². The van der Waals surface area contributed by atoms with E-state index in [9.17, 15) is 14.4 Å². The third kappa shape index (κ3) is 5.84. The van der Waals surface area contributed by atoms with E-state index in [0.717, 1.165) is 3.57 Å². The smallest absolute Gasteiger partial charge is 0.328 e. The maximum atomic E-state index is 12.4. The molecule has 1 atom stereocenters. The Bertz CT molecular complexity index is 792. The molecule has 0 aromatic heterocycles. The highest BCUT2D eigenvalue weighted by molar-refractivity contribution is 14.1. The molecular weight excluding hydrogens is 518 g/mol. The Morgan fingerprint density at radius 2 is 1.89 bits per heavy atom. The normalized spacial score (nSPS) is 16.1. The van der Waals surface area contributed by atoms with Crippen molar-refractivity contribution in [2.24, 2.45) is 5.92 Å². The predicted octanol–water partition coefficient (Wildman–Crippen LogP) is 3.53. The first-order valence-electron chi connectivity index (χ1n) is 8.73. The van der Waals surface area contributed by atoms with Gasteiger partial charge in [-0.1, -0.05) is 29.3 Å². The van der Waals surface area contributed by atoms with E-state index in [4.69, 9.17) is 23.2 Å². The minimum atomic E-state index is -0.689. The van der Waals surface area contributed by atoms with Crippen LogP contribution >= 0.6 is 45.8 Å². The Balaban J connectivity index is 1.89. The van der Waals surface area contributed by atoms with E-state index >= 15 is 0 Å². The van der Waals surface area contributed by atoms with Gasteiger partial charge in [0.05, 0.1) is 17.2 Å². The van der Waals surface area contributed by atoms with Crippen LogP contribution < -0.4 is 5.32 Å². The second kappa shape index (κ2) is 10.5. The van der Waals surface area contributed by atoms with Gasteiger partial charge in [0, 0.05) is 28.7 Å². The van der Waals surface area contributed by atoms with Crippen LogP contribution in [-0.2, 0) is 19.1 Å². The fourth-order valence-corrected chi connectivity index (χ4v) is 3.87. The molecule has 1 fully saturated rings. The summed E-state index contributed by atoms with van der Waals surface area (Å²) in [4.78, 5) is 37.8. The lowest BCUT2D eigenvalue weighted by atomic mass is 9.95. The first-order chi connectivity index (χ1) is 13.2. The number of carbonyl (C=O) groups is 3. The van der Waals surface area contributed by atoms with Gasteiger partial charge in [0.15, 0.2) is 0 Å². The average molecular weight is 539 g/mol. The number of hydrogen-bond acceptors (Lipinski definition) is 4. The molecule has 2 amide bonds. The molecule has 1 aromatic rings. The molecule has 6 nitrogen and oxygen atoms in total. The molecule has 1 aliphatic rings. The van der Waals surface area contributed by atoms with E-state index in [1.54, 1.807) is 24.0 Å². The van der Waals surface area contributed by atoms with Crippen molar-refractivity contribution in [2.75, 3.05) is 20.2 Å². The van der Waals surface area contributed by atoms with E-state index in [0.29, 0.717) is 41.5 Å². The summed E-state index contributed by atoms with van der Waals surface area (Å²) in [6, 6.07) is 2.95. The molecular formula is C19H21Cl2IN2O4. The van der Waals surface area contributed by atoms with Crippen LogP contribution in [0.4, 0.5) is 0 Å². The zero-order valence-electron chi connectivity index (χ0n) is 15.5. The number of amides is 2. The van der Waals surface area contributed by atoms with Crippen molar-refractivity contribution in [3.05, 3.63) is 37.4 Å². The van der Waals surface area contributed by atoms with Crippen molar-refractivity contribution in [3.63, 3.8) is 0 Å². The molecule has 1 saturated heterocycles. The highest BCUT2D eigenvalue weighted by atomic mass is 127. The van der Waals surface area contributed by atoms with Gasteiger partial charge in [-0.25, -0.2) is 4.79 Å². The minimum absolute atomic E-state index is 0.146. The summed E-state index contributed by atoms with van der Waals surface area (Å²) in [5.74, 6) is -1.06. The molecule has 152 valence electrons. The van der Waals surface area contributed by atoms with Gasteiger partial charge < -0.3 is 15.0 Å². The number of ether oxygens (including phenoxy) is 1. The summed E-state index contributed by atoms with van der Waals surface area (Å²) in [7, 11) is 1.28. The third-order valence-corrected chi connectivity index (χ3v) is 6.68. The van der Waals surface area contributed by atoms with E-state index in [-0.39, 0.29) is 17.7 Å². The average Bonchev–Trinajstić information content (AvgIpc) is 2.70. The van der Waals surface area contributed by atoms with Gasteiger partial charge in [0.1, 0.15) is 6.04 Å². The molecule has 0 saturated carbocycles. The largest absolute Gasteiger partial charge is 0.467 e. The lowest BCUT2D eigenvalue weighted by Crippen LogP contribution is -2.46. The first-order valence-corrected chi connectivity index (χ1v) is 10.6. The molecule has 0 spiro atoms. The Hall–Kier alpha value is -1.32. The van der Waals surface area contributed by atoms with E-state index in [1.165, 1.54) is 13.2 Å². The van der Waals surface area contributed by atoms with E-state index in [1.807, 2.05) is 6.07 Å². The molecule has 1 aromatic carbocycles. The third-order valence-electron chi connectivity index (χ3n) is 4.56. The van der Waals surface area contributed by atoms with Gasteiger partial charge in [-0.2, -0.15) is 0 Å². The summed E-state index contributed by atoms with van der Waals surface area (Å²) in [5, 5.41) is 3.52. The summed E-state index contributed by atoms with van der Waals surface area (Å²) in [5.41, 5.74) is 0.673. The molecule has 0 aliphatic carbocycles. The first kappa shape index (κ1) is 23.0. The maximum Gasteiger partial charge on any atom is 0.328 e. The van der Waals surface area contributed by atoms with Crippen LogP contribution in [-0.4, -0.2) is 48.9 Å². The minimum Gasteiger partial charge on any atom is -0.467 e. The summed E-state index contributed by atoms with van der Waals surface area (Å²) >= 11 is 14.4. The summed E-state index contributed by atoms with van der Waals surface area (Å²) in [6.07, 6.45) is 4.18. The molecule has 1 N–H and O–H groups in total. The molecule has 2 rings (SSSR count). The number of nitrogens with one attached hydrogen (secondary N) is 1. The summed E-state index contributed by atoms with van der Waals surface area (Å²) in [6.45, 7) is 2.51. The quantitative estimate of drug-likeness (QED) is 0.269. The summed E-state index contributed by atoms with van der Waals surface area (Å²) < 4.78 is 5.44. The molecule has 1 aliphatic heterocycles. The van der Waals surface area contributed by atoms with Crippen LogP contribution in [0.15, 0.2) is 18.2 Å². The number of hydrogen-bond donors (Lipinski definition) is 1. The zero-order valence-corrected chi connectivity index (χ0v) is 19.2. The predicted molar refractivity (Wildman–Crippen MR) is 117 cm³/mol. The Morgan fingerprint density at radius 3 is 2.50 bits per heavy atom. The standard InChI is InChI=1S/C19H21Cl2IN2O4/c1-11(19(27)28-2)23-18(26)13-7-9-24(10-8-13)15(25)6-4-12-3-5-14(22)17(21)16(12)20/h3-6,11,13H,7-10H2,1-2H3,(H,23,26)/b6-4+. The van der Waals surface area contributed by atoms with Crippen LogP contribution in [0.1, 0.15) is 25.3 Å². The van der Waals surface area contributed by atoms with Gasteiger partial charge in [-0.3, -0.25) is 9.59 Å². The van der Waals surface area contributed by atoms with Crippen molar-refractivity contribution in [3.8, 4) is 0 Å². The van der Waals surface area contributed by atoms with Crippen molar-refractivity contribution < 1.29 is 19.1 Å². The van der Waals surface area contributed by atoms with Gasteiger partial charge in [0.25, 0.3) is 0 Å². The number of methoxy groups -OCH3 is 1. The molecule has 0 bridgehead atoms. The number of halogens is 3. The Morgan fingerprint density at radius 1 is 1.25 bits per heavy atom. The van der Waals surface area contributed by atoms with Crippen LogP contribution in [0.2, 0.25) is 10.0 Å². The van der Waals surface area contributed by atoms with E-state index in [2.05, 4.69) is 32.6 Å². The van der Waals surface area contributed by atoms with Crippen molar-refractivity contribution >= 4 is 69.7 Å². The van der Waals surface area contributed by atoms with Crippen LogP contribution in [0.5, 0.6) is 0 Å². The second-order valence-corrected chi connectivity index (χ2v) is 8.37. The topological polar surface area (TPSA) is 75.7 Å². The Labute approximate surface area is 187 Å². The Kier molecular flexibility index (Phi) is 8.57. The maximum absolute atomic E-state index is 12.4. The van der Waals surface area contributed by atoms with Gasteiger partial charge in [-0.05, 0) is 60.1 Å². The van der Waals surface area contributed by atoms with Crippen molar-refractivity contribution in [1.82, 2.24) is 10.2 Å². The van der Waals surface area contributed by atoms with Gasteiger partial charge in [0.2, 0.25) is 11.8 Å². The number of nitrogens with zero attached hydrogens (tertiary/aromatic N) is 1. The fourth-order valence-electron chi connectivity index (χ4n) is 2.87. The molecule has 1 heterocycles. The number of rotatable bonds is 5. The van der Waals surface area contributed by atoms with Crippen molar-refractivity contribution in [1.29, 1.82) is 0 Å².